The van der Waals surface area contributed by atoms with Crippen molar-refractivity contribution >= 4 is 24.2 Å². The molecule has 0 aromatic heterocycles. The summed E-state index contributed by atoms with van der Waals surface area (Å²) in [6.45, 7) is 1.83. The highest BCUT2D eigenvalue weighted by atomic mass is 35.5. The van der Waals surface area contributed by atoms with Crippen LogP contribution in [0.5, 0.6) is 0 Å². The van der Waals surface area contributed by atoms with Crippen molar-refractivity contribution in [3.8, 4) is 0 Å². The van der Waals surface area contributed by atoms with E-state index in [2.05, 4.69) is 17.5 Å². The summed E-state index contributed by atoms with van der Waals surface area (Å²) in [4.78, 5) is 2.18. The van der Waals surface area contributed by atoms with E-state index in [1.807, 2.05) is 7.05 Å². The minimum atomic E-state index is -0.174. The molecule has 0 amide bonds. The van der Waals surface area contributed by atoms with Gasteiger partial charge in [0.15, 0.2) is 0 Å². The first-order chi connectivity index (χ1) is 7.63. The van der Waals surface area contributed by atoms with E-state index in [4.69, 9.17) is 11.6 Å². The van der Waals surface area contributed by atoms with Gasteiger partial charge in [0.1, 0.15) is 5.82 Å². The third-order valence-electron chi connectivity index (χ3n) is 2.47. The molecule has 4 heteroatoms. The number of thiol groups is 1. The minimum Gasteiger partial charge on any atom is -0.306 e. The van der Waals surface area contributed by atoms with E-state index in [0.29, 0.717) is 17.0 Å². The number of nitrogens with zero attached hydrogens (tertiary/aromatic N) is 1. The van der Waals surface area contributed by atoms with Gasteiger partial charge in [-0.15, -0.1) is 0 Å². The highest BCUT2D eigenvalue weighted by Crippen LogP contribution is 2.15. The van der Waals surface area contributed by atoms with Crippen LogP contribution in [0.2, 0.25) is 5.02 Å². The average Bonchev–Trinajstić information content (AvgIpc) is 2.27. The van der Waals surface area contributed by atoms with Crippen LogP contribution in [-0.4, -0.2) is 30.8 Å². The predicted octanol–water partition coefficient (Wildman–Crippen LogP) is 3.27. The lowest BCUT2D eigenvalue weighted by atomic mass is 10.1. The van der Waals surface area contributed by atoms with Gasteiger partial charge in [-0.1, -0.05) is 11.6 Å². The minimum absolute atomic E-state index is 0.174. The zero-order chi connectivity index (χ0) is 12.0. The second-order valence-electron chi connectivity index (χ2n) is 3.87. The Bertz CT molecular complexity index is 333. The zero-order valence-corrected chi connectivity index (χ0v) is 11.1. The van der Waals surface area contributed by atoms with Gasteiger partial charge in [0.2, 0.25) is 0 Å². The SMILES string of the molecule is CN(CCCS)CCc1cc(Cl)ccc1F. The summed E-state index contributed by atoms with van der Waals surface area (Å²) in [5.74, 6) is 0.711. The Morgan fingerprint density at radius 3 is 2.81 bits per heavy atom. The van der Waals surface area contributed by atoms with Crippen LogP contribution in [-0.2, 0) is 6.42 Å². The van der Waals surface area contributed by atoms with Crippen LogP contribution < -0.4 is 0 Å². The van der Waals surface area contributed by atoms with Gasteiger partial charge in [-0.2, -0.15) is 12.6 Å². The maximum absolute atomic E-state index is 13.4. The zero-order valence-electron chi connectivity index (χ0n) is 9.42. The van der Waals surface area contributed by atoms with Crippen LogP contribution in [0.1, 0.15) is 12.0 Å². The van der Waals surface area contributed by atoms with Gasteiger partial charge in [-0.3, -0.25) is 0 Å². The molecule has 0 atom stereocenters. The summed E-state index contributed by atoms with van der Waals surface area (Å²) in [5, 5.41) is 0.592. The lowest BCUT2D eigenvalue weighted by Gasteiger charge is -2.16. The van der Waals surface area contributed by atoms with Crippen molar-refractivity contribution in [2.24, 2.45) is 0 Å². The second-order valence-corrected chi connectivity index (χ2v) is 4.75. The van der Waals surface area contributed by atoms with Gasteiger partial charge in [-0.25, -0.2) is 4.39 Å². The molecule has 0 saturated carbocycles. The quantitative estimate of drug-likeness (QED) is 0.770. The van der Waals surface area contributed by atoms with Crippen molar-refractivity contribution in [1.82, 2.24) is 4.90 Å². The molecule has 1 aromatic carbocycles. The molecule has 0 N–H and O–H groups in total. The first kappa shape index (κ1) is 13.8. The third kappa shape index (κ3) is 4.73. The fraction of sp³-hybridized carbons (Fsp3) is 0.500. The van der Waals surface area contributed by atoms with E-state index >= 15 is 0 Å². The molecular formula is C12H17ClFNS. The first-order valence-corrected chi connectivity index (χ1v) is 6.38. The molecule has 0 bridgehead atoms. The van der Waals surface area contributed by atoms with Crippen molar-refractivity contribution in [1.29, 1.82) is 0 Å². The van der Waals surface area contributed by atoms with E-state index in [9.17, 15) is 4.39 Å². The van der Waals surface area contributed by atoms with Crippen molar-refractivity contribution in [3.05, 3.63) is 34.6 Å². The summed E-state index contributed by atoms with van der Waals surface area (Å²) in [7, 11) is 2.03. The lowest BCUT2D eigenvalue weighted by Crippen LogP contribution is -2.23. The molecule has 0 fully saturated rings. The Kier molecular flexibility index (Phi) is 6.17. The van der Waals surface area contributed by atoms with Gasteiger partial charge >= 0.3 is 0 Å². The number of likely N-dealkylation sites (N-methyl/N-ethyl adjacent to an activating group) is 1. The van der Waals surface area contributed by atoms with E-state index in [1.54, 1.807) is 12.1 Å². The second kappa shape index (κ2) is 7.15. The molecule has 1 nitrogen and oxygen atoms in total. The van der Waals surface area contributed by atoms with Crippen LogP contribution in [0.15, 0.2) is 18.2 Å². The van der Waals surface area contributed by atoms with Crippen LogP contribution in [0.25, 0.3) is 0 Å². The molecule has 1 aromatic rings. The first-order valence-electron chi connectivity index (χ1n) is 5.37. The number of halogens is 2. The van der Waals surface area contributed by atoms with Crippen LogP contribution in [0.3, 0.4) is 0 Å². The Labute approximate surface area is 107 Å². The summed E-state index contributed by atoms with van der Waals surface area (Å²) in [5.41, 5.74) is 0.685. The van der Waals surface area contributed by atoms with Crippen molar-refractivity contribution < 1.29 is 4.39 Å². The van der Waals surface area contributed by atoms with Gasteiger partial charge in [0.05, 0.1) is 0 Å². The molecule has 0 saturated heterocycles. The average molecular weight is 262 g/mol. The Morgan fingerprint density at radius 2 is 2.12 bits per heavy atom. The third-order valence-corrected chi connectivity index (χ3v) is 3.02. The van der Waals surface area contributed by atoms with Gasteiger partial charge < -0.3 is 4.90 Å². The topological polar surface area (TPSA) is 3.24 Å². The van der Waals surface area contributed by atoms with Crippen LogP contribution >= 0.6 is 24.2 Å². The number of benzene rings is 1. The molecule has 1 rings (SSSR count). The lowest BCUT2D eigenvalue weighted by molar-refractivity contribution is 0.338. The van der Waals surface area contributed by atoms with Crippen molar-refractivity contribution in [2.75, 3.05) is 25.9 Å². The Morgan fingerprint density at radius 1 is 1.38 bits per heavy atom. The highest BCUT2D eigenvalue weighted by molar-refractivity contribution is 7.80. The Hall–Kier alpha value is -0.250. The molecule has 0 aliphatic rings. The fourth-order valence-corrected chi connectivity index (χ4v) is 1.83. The van der Waals surface area contributed by atoms with Crippen LogP contribution in [0.4, 0.5) is 4.39 Å². The van der Waals surface area contributed by atoms with Crippen molar-refractivity contribution in [2.45, 2.75) is 12.8 Å². The van der Waals surface area contributed by atoms with Gasteiger partial charge in [0.25, 0.3) is 0 Å². The summed E-state index contributed by atoms with van der Waals surface area (Å²) >= 11 is 9.98. The number of hydrogen-bond donors (Lipinski definition) is 1. The highest BCUT2D eigenvalue weighted by Gasteiger charge is 2.04. The van der Waals surface area contributed by atoms with Gasteiger partial charge in [0, 0.05) is 11.6 Å². The number of rotatable bonds is 6. The maximum atomic E-state index is 13.4. The molecule has 16 heavy (non-hydrogen) atoms. The van der Waals surface area contributed by atoms with E-state index in [-0.39, 0.29) is 5.82 Å². The van der Waals surface area contributed by atoms with E-state index in [1.165, 1.54) is 6.07 Å². The Balaban J connectivity index is 2.44. The molecule has 0 aliphatic heterocycles. The van der Waals surface area contributed by atoms with Gasteiger partial charge in [-0.05, 0) is 55.9 Å². The molecule has 0 aliphatic carbocycles. The summed E-state index contributed by atoms with van der Waals surface area (Å²) < 4.78 is 13.4. The summed E-state index contributed by atoms with van der Waals surface area (Å²) in [6.07, 6.45) is 1.74. The molecule has 0 heterocycles. The monoisotopic (exact) mass is 261 g/mol. The fourth-order valence-electron chi connectivity index (χ4n) is 1.50. The molecule has 0 spiro atoms. The molecule has 0 unspecified atom stereocenters. The number of hydrogen-bond acceptors (Lipinski definition) is 2. The van der Waals surface area contributed by atoms with Crippen LogP contribution in [0, 0.1) is 5.82 Å². The van der Waals surface area contributed by atoms with E-state index in [0.717, 1.165) is 25.3 Å². The smallest absolute Gasteiger partial charge is 0.126 e. The molecular weight excluding hydrogens is 245 g/mol. The summed E-state index contributed by atoms with van der Waals surface area (Å²) in [6, 6.07) is 4.69. The van der Waals surface area contributed by atoms with Crippen molar-refractivity contribution in [3.63, 3.8) is 0 Å². The van der Waals surface area contributed by atoms with E-state index < -0.39 is 0 Å². The standard InChI is InChI=1S/C12H17ClFNS/c1-15(6-2-8-16)7-5-10-9-11(13)3-4-12(10)14/h3-4,9,16H,2,5-8H2,1H3. The predicted molar refractivity (Wildman–Crippen MR) is 71.1 cm³/mol. The largest absolute Gasteiger partial charge is 0.306 e. The molecule has 90 valence electrons. The molecule has 0 radical (unpaired) electrons. The normalized spacial score (nSPS) is 11.1. The maximum Gasteiger partial charge on any atom is 0.126 e.